The van der Waals surface area contributed by atoms with Crippen molar-refractivity contribution in [2.45, 2.75) is 47.0 Å². The van der Waals surface area contributed by atoms with E-state index in [-0.39, 0.29) is 0 Å². The second-order valence-corrected chi connectivity index (χ2v) is 8.68. The number of H-pyrrole nitrogens is 1. The highest BCUT2D eigenvalue weighted by molar-refractivity contribution is 5.60. The first-order chi connectivity index (χ1) is 16.5. The molecule has 1 aliphatic heterocycles. The lowest BCUT2D eigenvalue weighted by molar-refractivity contribution is 0.312. The second-order valence-electron chi connectivity index (χ2n) is 8.68. The first-order valence-electron chi connectivity index (χ1n) is 12.2. The molecule has 0 bridgehead atoms. The summed E-state index contributed by atoms with van der Waals surface area (Å²) in [5.74, 6) is 3.16. The van der Waals surface area contributed by atoms with Gasteiger partial charge in [-0.1, -0.05) is 42.9 Å². The van der Waals surface area contributed by atoms with Crippen LogP contribution in [0.3, 0.4) is 0 Å². The Kier molecular flexibility index (Phi) is 9.64. The van der Waals surface area contributed by atoms with E-state index in [1.165, 1.54) is 11.1 Å². The van der Waals surface area contributed by atoms with Gasteiger partial charge >= 0.3 is 0 Å². The first kappa shape index (κ1) is 25.4. The number of likely N-dealkylation sites (N-methyl/N-ethyl adjacent to an activating group) is 1. The molecule has 1 aliphatic rings. The molecule has 1 fully saturated rings. The highest BCUT2D eigenvalue weighted by atomic mass is 15.3. The highest BCUT2D eigenvalue weighted by Crippen LogP contribution is 2.22. The normalized spacial score (nSPS) is 16.2. The van der Waals surface area contributed by atoms with Crippen LogP contribution < -0.4 is 10.2 Å². The van der Waals surface area contributed by atoms with Gasteiger partial charge in [0.25, 0.3) is 0 Å². The van der Waals surface area contributed by atoms with E-state index in [9.17, 15) is 0 Å². The number of nitrogens with zero attached hydrogens (tertiary/aromatic N) is 5. The molecule has 34 heavy (non-hydrogen) atoms. The fourth-order valence-corrected chi connectivity index (χ4v) is 3.99. The van der Waals surface area contributed by atoms with Gasteiger partial charge in [0.2, 0.25) is 0 Å². The van der Waals surface area contributed by atoms with Gasteiger partial charge in [-0.3, -0.25) is 5.10 Å². The number of rotatable bonds is 10. The predicted molar refractivity (Wildman–Crippen MR) is 144 cm³/mol. The average Bonchev–Trinajstić information content (AvgIpc) is 3.24. The van der Waals surface area contributed by atoms with Gasteiger partial charge in [-0.15, -0.1) is 0 Å². The van der Waals surface area contributed by atoms with Gasteiger partial charge in [-0.05, 0) is 58.7 Å². The van der Waals surface area contributed by atoms with Gasteiger partial charge in [-0.25, -0.2) is 9.97 Å². The summed E-state index contributed by atoms with van der Waals surface area (Å²) in [7, 11) is 2.16. The highest BCUT2D eigenvalue weighted by Gasteiger charge is 2.17. The van der Waals surface area contributed by atoms with Crippen LogP contribution in [0.2, 0.25) is 0 Å². The zero-order chi connectivity index (χ0) is 24.3. The van der Waals surface area contributed by atoms with Crippen LogP contribution >= 0.6 is 0 Å². The molecular weight excluding hydrogens is 422 g/mol. The molecule has 0 aliphatic carbocycles. The third-order valence-electron chi connectivity index (χ3n) is 5.97. The lowest BCUT2D eigenvalue weighted by Crippen LogP contribution is -2.44. The Morgan fingerprint density at radius 1 is 1.03 bits per heavy atom. The summed E-state index contributed by atoms with van der Waals surface area (Å²) in [5, 5.41) is 10.6. The van der Waals surface area contributed by atoms with Crippen molar-refractivity contribution in [3.8, 4) is 0 Å². The van der Waals surface area contributed by atoms with Crippen molar-refractivity contribution in [2.24, 2.45) is 0 Å². The maximum absolute atomic E-state index is 4.88. The van der Waals surface area contributed by atoms with Gasteiger partial charge in [0.15, 0.2) is 11.6 Å². The molecule has 3 rings (SSSR count). The van der Waals surface area contributed by atoms with Crippen LogP contribution in [0.4, 0.5) is 17.5 Å². The number of aromatic amines is 1. The van der Waals surface area contributed by atoms with Crippen LogP contribution in [0.5, 0.6) is 0 Å². The molecule has 0 aromatic carbocycles. The van der Waals surface area contributed by atoms with E-state index in [0.717, 1.165) is 68.6 Å². The molecule has 0 spiro atoms. The van der Waals surface area contributed by atoms with Crippen LogP contribution in [0.15, 0.2) is 53.7 Å². The minimum atomic E-state index is 0.706. The van der Waals surface area contributed by atoms with Gasteiger partial charge in [0, 0.05) is 44.0 Å². The summed E-state index contributed by atoms with van der Waals surface area (Å²) in [4.78, 5) is 14.3. The van der Waals surface area contributed by atoms with Crippen molar-refractivity contribution >= 4 is 23.5 Å². The molecule has 1 saturated heterocycles. The van der Waals surface area contributed by atoms with E-state index in [1.54, 1.807) is 0 Å². The average molecular weight is 462 g/mol. The third kappa shape index (κ3) is 7.42. The van der Waals surface area contributed by atoms with Crippen LogP contribution in [-0.2, 0) is 0 Å². The van der Waals surface area contributed by atoms with Gasteiger partial charge in [0.05, 0.1) is 0 Å². The summed E-state index contributed by atoms with van der Waals surface area (Å²) >= 11 is 0. The fourth-order valence-electron chi connectivity index (χ4n) is 3.99. The summed E-state index contributed by atoms with van der Waals surface area (Å²) in [5.41, 5.74) is 3.83. The number of piperazine rings is 1. The molecule has 0 saturated carbocycles. The van der Waals surface area contributed by atoms with Crippen molar-refractivity contribution in [2.75, 3.05) is 43.4 Å². The summed E-state index contributed by atoms with van der Waals surface area (Å²) in [6, 6.07) is 3.99. The predicted octanol–water partition coefficient (Wildman–Crippen LogP) is 5.66. The quantitative estimate of drug-likeness (QED) is 0.352. The molecule has 2 N–H and O–H groups in total. The standard InChI is InChI=1S/C27H39N7/c1-6-9-12-22(8-3)23(11-7-2)13-10-14-24-28-25(29-26-19-21(4)31-32-26)20-27(30-24)34-17-15-33(5)16-18-34/h6-7,9-11,14,19-20H,8,12-13,15-18H2,1-5H3,(H2,28,29,30,31,32)/b9-6-,11-7-,14-10+,23-22-. The number of aryl methyl sites for hydroxylation is 1. The van der Waals surface area contributed by atoms with E-state index in [2.05, 4.69) is 83.5 Å². The van der Waals surface area contributed by atoms with Gasteiger partial charge in [0.1, 0.15) is 11.6 Å². The SMILES string of the molecule is C/C=C\C/C(CC)=C(/C=C\C)C/C=C/c1nc(Nc2cc(C)[nH]n2)cc(N2CCN(C)CC2)n1. The maximum Gasteiger partial charge on any atom is 0.156 e. The molecule has 7 heteroatoms. The number of allylic oxidation sites excluding steroid dienone is 7. The lowest BCUT2D eigenvalue weighted by atomic mass is 9.99. The van der Waals surface area contributed by atoms with Crippen molar-refractivity contribution < 1.29 is 0 Å². The van der Waals surface area contributed by atoms with E-state index < -0.39 is 0 Å². The van der Waals surface area contributed by atoms with Crippen molar-refractivity contribution in [1.82, 2.24) is 25.1 Å². The number of hydrogen-bond donors (Lipinski definition) is 2. The minimum absolute atomic E-state index is 0.706. The smallest absolute Gasteiger partial charge is 0.156 e. The van der Waals surface area contributed by atoms with Crippen LogP contribution in [0, 0.1) is 6.92 Å². The molecule has 0 radical (unpaired) electrons. The Hall–Kier alpha value is -3.19. The first-order valence-corrected chi connectivity index (χ1v) is 12.2. The summed E-state index contributed by atoms with van der Waals surface area (Å²) in [6.07, 6.45) is 15.8. The molecule has 182 valence electrons. The number of anilines is 3. The maximum atomic E-state index is 4.88. The van der Waals surface area contributed by atoms with E-state index in [4.69, 9.17) is 9.97 Å². The van der Waals surface area contributed by atoms with Crippen LogP contribution in [0.1, 0.15) is 51.6 Å². The molecule has 0 atom stereocenters. The van der Waals surface area contributed by atoms with E-state index in [1.807, 2.05) is 25.1 Å². The Bertz CT molecular complexity index is 1040. The topological polar surface area (TPSA) is 73.0 Å². The largest absolute Gasteiger partial charge is 0.354 e. The Morgan fingerprint density at radius 2 is 1.82 bits per heavy atom. The van der Waals surface area contributed by atoms with Gasteiger partial charge in [-0.2, -0.15) is 5.10 Å². The third-order valence-corrected chi connectivity index (χ3v) is 5.97. The Morgan fingerprint density at radius 3 is 2.47 bits per heavy atom. The number of aromatic nitrogens is 4. The zero-order valence-corrected chi connectivity index (χ0v) is 21.3. The van der Waals surface area contributed by atoms with Crippen molar-refractivity contribution in [3.05, 3.63) is 65.2 Å². The number of hydrogen-bond acceptors (Lipinski definition) is 6. The van der Waals surface area contributed by atoms with E-state index in [0.29, 0.717) is 5.82 Å². The zero-order valence-electron chi connectivity index (χ0n) is 21.3. The lowest BCUT2D eigenvalue weighted by Gasteiger charge is -2.33. The Balaban J connectivity index is 1.86. The van der Waals surface area contributed by atoms with Crippen molar-refractivity contribution in [3.63, 3.8) is 0 Å². The number of nitrogens with one attached hydrogen (secondary N) is 2. The fraction of sp³-hybridized carbons (Fsp3) is 0.444. The van der Waals surface area contributed by atoms with Crippen molar-refractivity contribution in [1.29, 1.82) is 0 Å². The minimum Gasteiger partial charge on any atom is -0.354 e. The molecule has 0 amide bonds. The van der Waals surface area contributed by atoms with Gasteiger partial charge < -0.3 is 15.1 Å². The monoisotopic (exact) mass is 461 g/mol. The molecular formula is C27H39N7. The molecule has 3 heterocycles. The summed E-state index contributed by atoms with van der Waals surface area (Å²) < 4.78 is 0. The molecule has 2 aromatic heterocycles. The summed E-state index contributed by atoms with van der Waals surface area (Å²) in [6.45, 7) is 12.3. The molecule has 0 unspecified atom stereocenters. The second kappa shape index (κ2) is 12.9. The van der Waals surface area contributed by atoms with E-state index >= 15 is 0 Å². The molecule has 7 nitrogen and oxygen atoms in total. The van der Waals surface area contributed by atoms with Crippen LogP contribution in [-0.4, -0.2) is 58.3 Å². The van der Waals surface area contributed by atoms with Crippen LogP contribution in [0.25, 0.3) is 6.08 Å². The molecule has 2 aromatic rings. The Labute approximate surface area is 204 Å².